The zero-order valence-corrected chi connectivity index (χ0v) is 57.1. The van der Waals surface area contributed by atoms with E-state index in [1.807, 2.05) is 139 Å². The zero-order chi connectivity index (χ0) is 72.6. The molecule has 0 saturated carbocycles. The third-order valence-electron chi connectivity index (χ3n) is 18.4. The smallest absolute Gasteiger partial charge is 0.340 e. The van der Waals surface area contributed by atoms with E-state index in [2.05, 4.69) is 19.4 Å². The minimum absolute atomic E-state index is 0.0300. The van der Waals surface area contributed by atoms with Crippen molar-refractivity contribution in [1.29, 1.82) is 0 Å². The number of halogens is 8. The summed E-state index contributed by atoms with van der Waals surface area (Å²) in [6.45, 7) is 11.5. The third-order valence-corrected chi connectivity index (χ3v) is 18.4. The number of ketones is 2. The van der Waals surface area contributed by atoms with Gasteiger partial charge in [0.15, 0.2) is 24.8 Å². The van der Waals surface area contributed by atoms with E-state index in [1.165, 1.54) is 36.4 Å². The van der Waals surface area contributed by atoms with E-state index < -0.39 is 49.8 Å². The van der Waals surface area contributed by atoms with Crippen LogP contribution < -0.4 is 9.47 Å². The molecule has 0 aliphatic rings. The van der Waals surface area contributed by atoms with Gasteiger partial charge < -0.3 is 28.3 Å². The van der Waals surface area contributed by atoms with Crippen LogP contribution in [-0.4, -0.2) is 82.0 Å². The van der Waals surface area contributed by atoms with E-state index in [0.29, 0.717) is 91.6 Å². The van der Waals surface area contributed by atoms with Crippen LogP contribution in [0.3, 0.4) is 0 Å². The van der Waals surface area contributed by atoms with Crippen LogP contribution in [0, 0.1) is 41.5 Å². The minimum Gasteiger partial charge on any atom is -0.486 e. The van der Waals surface area contributed by atoms with Crippen LogP contribution in [-0.2, 0) is 32.4 Å². The minimum atomic E-state index is -4.50. The molecule has 0 unspecified atom stereocenters. The highest BCUT2D eigenvalue weighted by atomic mass is 19.3. The summed E-state index contributed by atoms with van der Waals surface area (Å²) in [6.07, 6.45) is -5.27. The number of unbranched alkanes of at least 4 members (excludes halogenated alkanes) is 3. The molecule has 0 aliphatic carbocycles. The van der Waals surface area contributed by atoms with Gasteiger partial charge in [-0.2, -0.15) is 17.6 Å². The zero-order valence-electron chi connectivity index (χ0n) is 57.1. The first-order valence-corrected chi connectivity index (χ1v) is 33.2. The van der Waals surface area contributed by atoms with Crippen molar-refractivity contribution in [2.24, 2.45) is 10.3 Å². The average molecular weight is 1390 g/mol. The number of ether oxygens (including phenoxy) is 2. The monoisotopic (exact) mass is 1390 g/mol. The van der Waals surface area contributed by atoms with Gasteiger partial charge in [-0.05, 0) is 148 Å². The highest BCUT2D eigenvalue weighted by molar-refractivity contribution is 6.29. The highest BCUT2D eigenvalue weighted by Gasteiger charge is 2.43. The summed E-state index contributed by atoms with van der Waals surface area (Å²) in [6, 6.07) is 49.5. The Labute approximate surface area is 581 Å². The molecule has 0 saturated heterocycles. The van der Waals surface area contributed by atoms with E-state index in [1.54, 1.807) is 36.4 Å². The van der Waals surface area contributed by atoms with Crippen LogP contribution in [0.1, 0.15) is 127 Å². The van der Waals surface area contributed by atoms with Crippen molar-refractivity contribution < 1.29 is 73.5 Å². The van der Waals surface area contributed by atoms with Crippen molar-refractivity contribution in [3.05, 3.63) is 248 Å². The molecule has 2 heterocycles. The van der Waals surface area contributed by atoms with Gasteiger partial charge in [-0.1, -0.05) is 143 Å². The van der Waals surface area contributed by atoms with Gasteiger partial charge >= 0.3 is 36.6 Å². The fraction of sp³-hybridized carbons (Fsp3) is 0.244. The van der Waals surface area contributed by atoms with Crippen LogP contribution in [0.2, 0.25) is 0 Å². The molecule has 20 heteroatoms. The number of rotatable bonds is 25. The number of oxime groups is 2. The molecule has 102 heavy (non-hydrogen) atoms. The van der Waals surface area contributed by atoms with Crippen molar-refractivity contribution in [2.75, 3.05) is 13.2 Å². The SMILES string of the molecule is CC(=O)ON=C(c1ccc2c(c1)c1cc(C(=O)c3c(C)cc(C)cc3C)c3ccccc3c1n2CCCCCCn1c2ccc(C(=NOC(C)=O)c3ccccc3OCC(F)(F)C(F)F)cc2c2cc(C(=O)c3c(C)cc(C)cc3C)c3ccccc3c21)c1ccccc1OCC(F)(F)C(F)F. The number of hydrogen-bond donors (Lipinski definition) is 0. The molecule has 0 radical (unpaired) electrons. The van der Waals surface area contributed by atoms with Crippen LogP contribution >= 0.6 is 0 Å². The van der Waals surface area contributed by atoms with Gasteiger partial charge in [0, 0.05) is 115 Å². The van der Waals surface area contributed by atoms with E-state index >= 15 is 9.59 Å². The van der Waals surface area contributed by atoms with Gasteiger partial charge in [-0.15, -0.1) is 0 Å². The Balaban J connectivity index is 0.940. The van der Waals surface area contributed by atoms with Gasteiger partial charge in [0.05, 0.1) is 11.0 Å². The molecule has 522 valence electrons. The van der Waals surface area contributed by atoms with Gasteiger partial charge in [0.1, 0.15) is 22.9 Å². The standard InChI is InChI=1S/C82H70F8N4O8/c1-45-35-47(3)71(48(4)36-45)77(97)65-41-63-61-39-53(73(91-101-51(7)95)59-25-15-17-27-69(59)99-43-81(87,88)79(83)84)29-31-67(61)93(75(63)57-23-13-11-21-55(57)65)33-19-9-10-20-34-94-68-32-30-54(74(92-102-52(8)96)60-26-16-18-28-70(60)100-44-82(89,90)80(85)86)40-62(68)64-42-66(56-22-12-14-24-58(56)76(64)94)78(98)72-49(5)37-46(2)38-50(72)6/h11-18,21-32,35-42,79-80H,9-10,19-20,33-34,43-44H2,1-8H3. The number of aromatic nitrogens is 2. The van der Waals surface area contributed by atoms with Gasteiger partial charge in [-0.3, -0.25) is 9.59 Å². The summed E-state index contributed by atoms with van der Waals surface area (Å²) in [7, 11) is 0. The number of carbonyl (C=O) groups excluding carboxylic acids is 4. The van der Waals surface area contributed by atoms with Crippen LogP contribution in [0.15, 0.2) is 180 Å². The Hall–Kier alpha value is -11.0. The number of fused-ring (bicyclic) bond motifs is 10. The lowest BCUT2D eigenvalue weighted by Crippen LogP contribution is -2.34. The lowest BCUT2D eigenvalue weighted by atomic mass is 9.89. The van der Waals surface area contributed by atoms with Crippen LogP contribution in [0.4, 0.5) is 35.1 Å². The van der Waals surface area contributed by atoms with Crippen molar-refractivity contribution in [3.63, 3.8) is 0 Å². The summed E-state index contributed by atoms with van der Waals surface area (Å²) in [4.78, 5) is 65.6. The molecule has 12 aromatic rings. The molecule has 2 aromatic heterocycles. The second-order valence-electron chi connectivity index (χ2n) is 25.9. The fourth-order valence-electron chi connectivity index (χ4n) is 14.1. The number of alkyl halides is 8. The largest absolute Gasteiger partial charge is 0.486 e. The predicted molar refractivity (Wildman–Crippen MR) is 381 cm³/mol. The molecule has 10 aromatic carbocycles. The Bertz CT molecular complexity index is 5040. The molecule has 12 nitrogen and oxygen atoms in total. The van der Waals surface area contributed by atoms with Crippen molar-refractivity contribution >= 4 is 100 Å². The second-order valence-corrected chi connectivity index (χ2v) is 25.9. The molecule has 0 aliphatic heterocycles. The number of benzene rings is 10. The summed E-state index contributed by atoms with van der Waals surface area (Å²) in [5, 5.41) is 14.1. The molecule has 0 bridgehead atoms. The topological polar surface area (TPSA) is 140 Å². The van der Waals surface area contributed by atoms with Crippen molar-refractivity contribution in [2.45, 2.75) is 119 Å². The first-order valence-electron chi connectivity index (χ1n) is 33.2. The molecule has 0 amide bonds. The van der Waals surface area contributed by atoms with E-state index in [0.717, 1.165) is 92.9 Å². The number of hydrogen-bond acceptors (Lipinski definition) is 10. The van der Waals surface area contributed by atoms with Crippen LogP contribution in [0.25, 0.3) is 65.2 Å². The average Bonchev–Trinajstić information content (AvgIpc) is 1.55. The number of carbonyl (C=O) groups is 4. The van der Waals surface area contributed by atoms with E-state index in [-0.39, 0.29) is 45.6 Å². The molecule has 0 fully saturated rings. The van der Waals surface area contributed by atoms with Crippen molar-refractivity contribution in [1.82, 2.24) is 9.13 Å². The summed E-state index contributed by atoms with van der Waals surface area (Å²) in [5.41, 5.74) is 11.2. The number of nitrogens with zero attached hydrogens (tertiary/aromatic N) is 4. The molecule has 12 rings (SSSR count). The second kappa shape index (κ2) is 28.9. The maximum Gasteiger partial charge on any atom is 0.340 e. The molecule has 0 atom stereocenters. The Kier molecular flexibility index (Phi) is 20.1. The maximum atomic E-state index is 15.2. The Morgan fingerprint density at radius 3 is 1.10 bits per heavy atom. The lowest BCUT2D eigenvalue weighted by molar-refractivity contribution is -0.148. The quantitative estimate of drug-likeness (QED) is 0.0138. The number of aryl methyl sites for hydroxylation is 8. The normalized spacial score (nSPS) is 12.5. The highest BCUT2D eigenvalue weighted by Crippen LogP contribution is 2.42. The number of para-hydroxylation sites is 2. The molecular weight excluding hydrogens is 1320 g/mol. The summed E-state index contributed by atoms with van der Waals surface area (Å²) in [5.74, 6) is -11.4. The van der Waals surface area contributed by atoms with Gasteiger partial charge in [0.25, 0.3) is 0 Å². The van der Waals surface area contributed by atoms with E-state index in [9.17, 15) is 44.7 Å². The van der Waals surface area contributed by atoms with Gasteiger partial charge in [-0.25, -0.2) is 27.2 Å². The van der Waals surface area contributed by atoms with E-state index in [4.69, 9.17) is 19.1 Å². The first-order chi connectivity index (χ1) is 48.7. The van der Waals surface area contributed by atoms with Gasteiger partial charge in [0.2, 0.25) is 0 Å². The lowest BCUT2D eigenvalue weighted by Gasteiger charge is -2.18. The maximum absolute atomic E-state index is 15.2. The summed E-state index contributed by atoms with van der Waals surface area (Å²) < 4.78 is 127. The molecule has 0 spiro atoms. The predicted octanol–water partition coefficient (Wildman–Crippen LogP) is 20.0. The Morgan fingerprint density at radius 1 is 0.402 bits per heavy atom. The summed E-state index contributed by atoms with van der Waals surface area (Å²) >= 11 is 0. The fourth-order valence-corrected chi connectivity index (χ4v) is 14.1. The van der Waals surface area contributed by atoms with Crippen LogP contribution in [0.5, 0.6) is 11.5 Å². The van der Waals surface area contributed by atoms with Crippen molar-refractivity contribution in [3.8, 4) is 11.5 Å². The Morgan fingerprint density at radius 2 is 0.745 bits per heavy atom. The first kappa shape index (κ1) is 70.8. The third kappa shape index (κ3) is 14.0. The molecular formula is C82H70F8N4O8. The molecule has 0 N–H and O–H groups in total.